The number of nitrogens with zero attached hydrogens (tertiary/aromatic N) is 2. The molecule has 5 heterocycles. The fraction of sp³-hybridized carbons (Fsp3) is 0.0690. The van der Waals surface area contributed by atoms with Crippen molar-refractivity contribution >= 4 is 68.3 Å². The third-order valence-electron chi connectivity index (χ3n) is 6.01. The molecule has 7 heteroatoms. The van der Waals surface area contributed by atoms with Gasteiger partial charge in [-0.2, -0.15) is 0 Å². The minimum Gasteiger partial charge on any atom is -0.462 e. The summed E-state index contributed by atoms with van der Waals surface area (Å²) in [5, 5.41) is 0. The Morgan fingerprint density at radius 1 is 0.806 bits per heavy atom. The average molecular weight is 537 g/mol. The first-order valence-electron chi connectivity index (χ1n) is 11.6. The van der Waals surface area contributed by atoms with Gasteiger partial charge in [-0.1, -0.05) is 28.1 Å². The number of halogens is 1. The molecular weight excluding hydrogens is 516 g/mol. The Kier molecular flexibility index (Phi) is 5.62. The predicted octanol–water partition coefficient (Wildman–Crippen LogP) is 7.26. The number of carbonyl (C=O) groups is 1. The normalized spacial score (nSPS) is 12.2. The lowest BCUT2D eigenvalue weighted by molar-refractivity contribution is 0.0525. The molecular formula is C29H21BrN4O2. The van der Waals surface area contributed by atoms with Gasteiger partial charge in [0.2, 0.25) is 0 Å². The molecule has 176 valence electrons. The summed E-state index contributed by atoms with van der Waals surface area (Å²) in [7, 11) is 0. The number of benzene rings is 1. The van der Waals surface area contributed by atoms with Crippen LogP contribution in [0, 0.1) is 0 Å². The fourth-order valence-corrected chi connectivity index (χ4v) is 4.68. The Labute approximate surface area is 215 Å². The summed E-state index contributed by atoms with van der Waals surface area (Å²) in [6, 6.07) is 20.4. The first-order chi connectivity index (χ1) is 17.6. The molecule has 0 spiro atoms. The summed E-state index contributed by atoms with van der Waals surface area (Å²) >= 11 is 3.53. The van der Waals surface area contributed by atoms with Crippen LogP contribution in [-0.2, 0) is 4.74 Å². The predicted molar refractivity (Wildman–Crippen MR) is 148 cm³/mol. The second-order valence-electron chi connectivity index (χ2n) is 8.43. The molecule has 0 amide bonds. The van der Waals surface area contributed by atoms with Crippen molar-refractivity contribution in [1.82, 2.24) is 19.9 Å². The number of esters is 1. The number of aromatic nitrogens is 4. The van der Waals surface area contributed by atoms with Crippen molar-refractivity contribution in [2.75, 3.05) is 6.61 Å². The van der Waals surface area contributed by atoms with E-state index < -0.39 is 5.97 Å². The van der Waals surface area contributed by atoms with Crippen LogP contribution in [0.15, 0.2) is 65.1 Å². The zero-order valence-corrected chi connectivity index (χ0v) is 21.0. The molecule has 0 saturated heterocycles. The van der Waals surface area contributed by atoms with Crippen molar-refractivity contribution in [2.45, 2.75) is 6.92 Å². The smallest absolute Gasteiger partial charge is 0.342 e. The Hall–Kier alpha value is -4.23. The topological polar surface area (TPSA) is 83.7 Å². The number of H-pyrrole nitrogens is 2. The maximum Gasteiger partial charge on any atom is 0.342 e. The van der Waals surface area contributed by atoms with Gasteiger partial charge in [-0.15, -0.1) is 0 Å². The van der Waals surface area contributed by atoms with Crippen LogP contribution in [0.2, 0.25) is 0 Å². The number of rotatable bonds is 3. The van der Waals surface area contributed by atoms with E-state index in [1.54, 1.807) is 6.92 Å². The SMILES string of the molecule is CCOC(=O)c1c2nc(cc3ccc([nH]3)c(-c3ccc(Br)cc3)c3ccc(cc4nc1C=C4)[nH]3)C=C2. The number of hydrogen-bond acceptors (Lipinski definition) is 4. The summed E-state index contributed by atoms with van der Waals surface area (Å²) in [6.07, 6.45) is 7.43. The molecule has 0 fully saturated rings. The minimum absolute atomic E-state index is 0.273. The average Bonchev–Trinajstić information content (AvgIpc) is 3.66. The van der Waals surface area contributed by atoms with E-state index in [9.17, 15) is 4.79 Å². The summed E-state index contributed by atoms with van der Waals surface area (Å²) in [6.45, 7) is 2.06. The zero-order chi connectivity index (χ0) is 24.6. The van der Waals surface area contributed by atoms with Gasteiger partial charge in [-0.05, 0) is 85.3 Å². The van der Waals surface area contributed by atoms with Crippen LogP contribution in [0.1, 0.15) is 40.1 Å². The molecule has 2 N–H and O–H groups in total. The van der Waals surface area contributed by atoms with Gasteiger partial charge in [0, 0.05) is 32.1 Å². The summed E-state index contributed by atoms with van der Waals surface area (Å²) < 4.78 is 6.36. The van der Waals surface area contributed by atoms with Gasteiger partial charge in [0.15, 0.2) is 0 Å². The van der Waals surface area contributed by atoms with Gasteiger partial charge in [0.25, 0.3) is 0 Å². The first-order valence-corrected chi connectivity index (χ1v) is 12.4. The van der Waals surface area contributed by atoms with Crippen molar-refractivity contribution in [3.63, 3.8) is 0 Å². The fourth-order valence-electron chi connectivity index (χ4n) is 4.41. The molecule has 8 bridgehead atoms. The number of hydrogen-bond donors (Lipinski definition) is 2. The zero-order valence-electron chi connectivity index (χ0n) is 19.4. The molecule has 0 radical (unpaired) electrons. The van der Waals surface area contributed by atoms with Crippen LogP contribution in [0.25, 0.3) is 57.5 Å². The van der Waals surface area contributed by atoms with E-state index in [1.165, 1.54) is 0 Å². The van der Waals surface area contributed by atoms with E-state index in [1.807, 2.05) is 60.7 Å². The molecule has 1 aromatic carbocycles. The molecule has 2 aliphatic rings. The highest BCUT2D eigenvalue weighted by Gasteiger charge is 2.19. The molecule has 6 nitrogen and oxygen atoms in total. The van der Waals surface area contributed by atoms with Gasteiger partial charge in [0.05, 0.1) is 29.4 Å². The number of nitrogens with one attached hydrogen (secondary N) is 2. The van der Waals surface area contributed by atoms with Crippen molar-refractivity contribution in [3.8, 4) is 11.1 Å². The molecule has 4 aromatic rings. The van der Waals surface area contributed by atoms with Crippen LogP contribution < -0.4 is 0 Å². The molecule has 36 heavy (non-hydrogen) atoms. The highest BCUT2D eigenvalue weighted by Crippen LogP contribution is 2.30. The van der Waals surface area contributed by atoms with Gasteiger partial charge >= 0.3 is 5.97 Å². The van der Waals surface area contributed by atoms with E-state index in [0.29, 0.717) is 17.0 Å². The van der Waals surface area contributed by atoms with Crippen molar-refractivity contribution in [1.29, 1.82) is 0 Å². The van der Waals surface area contributed by atoms with Crippen LogP contribution in [-0.4, -0.2) is 32.5 Å². The van der Waals surface area contributed by atoms with E-state index in [0.717, 1.165) is 49.1 Å². The van der Waals surface area contributed by atoms with Crippen LogP contribution >= 0.6 is 15.9 Å². The third kappa shape index (κ3) is 4.18. The number of fused-ring (bicyclic) bond motifs is 8. The van der Waals surface area contributed by atoms with Gasteiger partial charge in [0.1, 0.15) is 5.56 Å². The van der Waals surface area contributed by atoms with E-state index in [4.69, 9.17) is 14.7 Å². The third-order valence-corrected chi connectivity index (χ3v) is 6.54. The van der Waals surface area contributed by atoms with Crippen LogP contribution in [0.3, 0.4) is 0 Å². The summed E-state index contributed by atoms with van der Waals surface area (Å²) in [4.78, 5) is 29.3. The molecule has 0 aliphatic carbocycles. The van der Waals surface area contributed by atoms with Gasteiger partial charge in [-0.25, -0.2) is 14.8 Å². The van der Waals surface area contributed by atoms with Crippen molar-refractivity contribution < 1.29 is 9.53 Å². The summed E-state index contributed by atoms with van der Waals surface area (Å²) in [5.41, 5.74) is 8.79. The molecule has 6 rings (SSSR count). The van der Waals surface area contributed by atoms with E-state index >= 15 is 0 Å². The lowest BCUT2D eigenvalue weighted by atomic mass is 10.1. The number of aromatic amines is 2. The van der Waals surface area contributed by atoms with E-state index in [-0.39, 0.29) is 6.61 Å². The first kappa shape index (κ1) is 22.2. The van der Waals surface area contributed by atoms with E-state index in [2.05, 4.69) is 50.2 Å². The minimum atomic E-state index is -0.439. The largest absolute Gasteiger partial charge is 0.462 e. The highest BCUT2D eigenvalue weighted by molar-refractivity contribution is 9.10. The molecule has 3 aromatic heterocycles. The molecule has 2 aliphatic heterocycles. The second kappa shape index (κ2) is 9.09. The molecule has 0 atom stereocenters. The number of ether oxygens (including phenoxy) is 1. The Morgan fingerprint density at radius 3 is 1.89 bits per heavy atom. The quantitative estimate of drug-likeness (QED) is 0.233. The van der Waals surface area contributed by atoms with Crippen molar-refractivity contribution in [2.24, 2.45) is 0 Å². The Balaban J connectivity index is 1.69. The Morgan fingerprint density at radius 2 is 1.36 bits per heavy atom. The van der Waals surface area contributed by atoms with Gasteiger partial charge in [-0.3, -0.25) is 0 Å². The maximum absolute atomic E-state index is 12.9. The maximum atomic E-state index is 12.9. The molecule has 0 saturated carbocycles. The van der Waals surface area contributed by atoms with Crippen molar-refractivity contribution in [3.05, 3.63) is 93.5 Å². The van der Waals surface area contributed by atoms with Gasteiger partial charge < -0.3 is 14.7 Å². The number of carbonyl (C=O) groups excluding carboxylic acids is 1. The van der Waals surface area contributed by atoms with Crippen LogP contribution in [0.5, 0.6) is 0 Å². The highest BCUT2D eigenvalue weighted by atomic mass is 79.9. The molecule has 0 unspecified atom stereocenters. The standard InChI is InChI=1S/C29H21BrN4O2/c1-2-36-29(35)28-25-13-9-21(33-25)15-19-7-11-23(31-19)27(17-3-5-18(30)6-4-17)24-12-8-20(32-24)16-22-10-14-26(28)34-22/h3-16,31-32H,2H2,1H3. The van der Waals surface area contributed by atoms with Crippen LogP contribution in [0.4, 0.5) is 0 Å². The lowest BCUT2D eigenvalue weighted by Gasteiger charge is -2.03. The monoisotopic (exact) mass is 536 g/mol. The second-order valence-corrected chi connectivity index (χ2v) is 9.35. The Bertz CT molecular complexity index is 1630. The summed E-state index contributed by atoms with van der Waals surface area (Å²) in [5.74, 6) is -0.439. The lowest BCUT2D eigenvalue weighted by Crippen LogP contribution is -2.09.